The average Bonchev–Trinajstić information content (AvgIpc) is 2.88. The highest BCUT2D eigenvalue weighted by molar-refractivity contribution is 6.33. The first kappa shape index (κ1) is 25.3. The molecule has 0 fully saturated rings. The number of methoxy groups -OCH3 is 2. The summed E-state index contributed by atoms with van der Waals surface area (Å²) in [6.45, 7) is -0.271. The lowest BCUT2D eigenvalue weighted by Crippen LogP contribution is -2.35. The van der Waals surface area contributed by atoms with E-state index in [0.29, 0.717) is 33.4 Å². The Morgan fingerprint density at radius 1 is 0.943 bits per heavy atom. The molecule has 3 rings (SSSR count). The van der Waals surface area contributed by atoms with Crippen molar-refractivity contribution in [3.63, 3.8) is 0 Å². The highest BCUT2D eigenvalue weighted by Gasteiger charge is 2.13. The maximum Gasteiger partial charge on any atom is 0.343 e. The van der Waals surface area contributed by atoms with Crippen LogP contribution >= 0.6 is 11.6 Å². The van der Waals surface area contributed by atoms with Gasteiger partial charge in [0.15, 0.2) is 11.5 Å². The number of nitrogens with one attached hydrogen (secondary N) is 2. The van der Waals surface area contributed by atoms with Gasteiger partial charge < -0.3 is 19.5 Å². The minimum atomic E-state index is -0.557. The number of esters is 1. The lowest BCUT2D eigenvalue weighted by Gasteiger charge is -2.09. The fourth-order valence-corrected chi connectivity index (χ4v) is 3.09. The molecule has 0 aliphatic heterocycles. The van der Waals surface area contributed by atoms with Gasteiger partial charge in [0, 0.05) is 0 Å². The zero-order chi connectivity index (χ0) is 25.2. The Morgan fingerprint density at radius 2 is 1.66 bits per heavy atom. The molecule has 10 heteroatoms. The van der Waals surface area contributed by atoms with Gasteiger partial charge in [0.1, 0.15) is 5.75 Å². The van der Waals surface area contributed by atoms with Gasteiger partial charge in [0.25, 0.3) is 11.8 Å². The summed E-state index contributed by atoms with van der Waals surface area (Å²) in [4.78, 5) is 36.4. The molecule has 0 bridgehead atoms. The summed E-state index contributed by atoms with van der Waals surface area (Å²) in [6.07, 6.45) is 1.41. The number of carbonyl (C=O) groups excluding carboxylic acids is 3. The minimum absolute atomic E-state index is 0.271. The lowest BCUT2D eigenvalue weighted by atomic mass is 10.2. The van der Waals surface area contributed by atoms with Crippen molar-refractivity contribution in [3.8, 4) is 17.2 Å². The molecule has 35 heavy (non-hydrogen) atoms. The summed E-state index contributed by atoms with van der Waals surface area (Å²) in [5.41, 5.74) is 3.54. The smallest absolute Gasteiger partial charge is 0.343 e. The van der Waals surface area contributed by atoms with E-state index in [0.717, 1.165) is 0 Å². The van der Waals surface area contributed by atoms with Gasteiger partial charge in [-0.05, 0) is 60.2 Å². The molecule has 3 aromatic carbocycles. The Hall–Kier alpha value is -4.37. The first-order chi connectivity index (χ1) is 16.9. The molecule has 9 nitrogen and oxygen atoms in total. The number of hydrogen-bond donors (Lipinski definition) is 2. The van der Waals surface area contributed by atoms with Crippen molar-refractivity contribution in [3.05, 3.63) is 88.4 Å². The number of halogens is 1. The summed E-state index contributed by atoms with van der Waals surface area (Å²) in [7, 11) is 2.98. The number of benzene rings is 3. The van der Waals surface area contributed by atoms with Crippen molar-refractivity contribution >= 4 is 35.6 Å². The van der Waals surface area contributed by atoms with E-state index in [1.807, 2.05) is 0 Å². The summed E-state index contributed by atoms with van der Waals surface area (Å²) in [5.74, 6) is -0.288. The molecule has 0 aliphatic carbocycles. The van der Waals surface area contributed by atoms with Crippen LogP contribution in [0.3, 0.4) is 0 Å². The molecule has 2 amide bonds. The number of hydrazone groups is 1. The number of amides is 2. The monoisotopic (exact) mass is 495 g/mol. The molecule has 0 heterocycles. The van der Waals surface area contributed by atoms with Crippen molar-refractivity contribution in [1.82, 2.24) is 10.7 Å². The predicted molar refractivity (Wildman–Crippen MR) is 130 cm³/mol. The number of carbonyl (C=O) groups is 3. The van der Waals surface area contributed by atoms with Gasteiger partial charge >= 0.3 is 5.97 Å². The average molecular weight is 496 g/mol. The van der Waals surface area contributed by atoms with E-state index in [1.165, 1.54) is 26.5 Å². The quantitative estimate of drug-likeness (QED) is 0.203. The Bertz CT molecular complexity index is 1240. The molecule has 3 aromatic rings. The molecule has 0 saturated carbocycles. The van der Waals surface area contributed by atoms with Crippen LogP contribution in [-0.2, 0) is 4.79 Å². The largest absolute Gasteiger partial charge is 0.493 e. The molecule has 0 saturated heterocycles. The van der Waals surface area contributed by atoms with E-state index in [1.54, 1.807) is 60.7 Å². The van der Waals surface area contributed by atoms with Crippen molar-refractivity contribution < 1.29 is 28.6 Å². The molecule has 180 valence electrons. The summed E-state index contributed by atoms with van der Waals surface area (Å²) >= 11 is 5.96. The Labute approximate surface area is 206 Å². The van der Waals surface area contributed by atoms with Crippen LogP contribution in [0.2, 0.25) is 5.02 Å². The van der Waals surface area contributed by atoms with Gasteiger partial charge in [-0.1, -0.05) is 23.7 Å². The maximum absolute atomic E-state index is 12.4. The second-order valence-corrected chi connectivity index (χ2v) is 7.39. The van der Waals surface area contributed by atoms with Gasteiger partial charge in [-0.3, -0.25) is 9.59 Å². The fraction of sp³-hybridized carbons (Fsp3) is 0.120. The molecule has 0 atom stereocenters. The second kappa shape index (κ2) is 12.2. The molecular formula is C25H22ClN3O6. The lowest BCUT2D eigenvalue weighted by molar-refractivity contribution is -0.120. The van der Waals surface area contributed by atoms with Gasteiger partial charge in [-0.25, -0.2) is 10.2 Å². The Balaban J connectivity index is 1.48. The third-order valence-electron chi connectivity index (χ3n) is 4.64. The molecular weight excluding hydrogens is 474 g/mol. The Kier molecular flexibility index (Phi) is 8.80. The maximum atomic E-state index is 12.4. The van der Waals surface area contributed by atoms with E-state index in [9.17, 15) is 14.4 Å². The minimum Gasteiger partial charge on any atom is -0.493 e. The van der Waals surface area contributed by atoms with Crippen LogP contribution in [0.5, 0.6) is 17.2 Å². The summed E-state index contributed by atoms with van der Waals surface area (Å²) in [5, 5.41) is 6.61. The van der Waals surface area contributed by atoms with Crippen LogP contribution in [0.4, 0.5) is 0 Å². The van der Waals surface area contributed by atoms with Crippen LogP contribution in [0.1, 0.15) is 26.3 Å². The third kappa shape index (κ3) is 7.05. The van der Waals surface area contributed by atoms with E-state index in [-0.39, 0.29) is 12.1 Å². The molecule has 2 N–H and O–H groups in total. The molecule has 0 spiro atoms. The SMILES string of the molecule is COc1ccc(C(=O)Oc2ccc(C=NNC(=O)CNC(=O)c3ccccc3Cl)cc2)cc1OC. The Morgan fingerprint density at radius 3 is 2.34 bits per heavy atom. The zero-order valence-corrected chi connectivity index (χ0v) is 19.7. The fourth-order valence-electron chi connectivity index (χ4n) is 2.87. The highest BCUT2D eigenvalue weighted by atomic mass is 35.5. The van der Waals surface area contributed by atoms with E-state index >= 15 is 0 Å². The van der Waals surface area contributed by atoms with E-state index < -0.39 is 17.8 Å². The zero-order valence-electron chi connectivity index (χ0n) is 18.9. The topological polar surface area (TPSA) is 115 Å². The number of hydrogen-bond acceptors (Lipinski definition) is 7. The van der Waals surface area contributed by atoms with Crippen molar-refractivity contribution in [1.29, 1.82) is 0 Å². The molecule has 0 unspecified atom stereocenters. The first-order valence-corrected chi connectivity index (χ1v) is 10.7. The first-order valence-electron chi connectivity index (χ1n) is 10.3. The van der Waals surface area contributed by atoms with Crippen molar-refractivity contribution in [2.24, 2.45) is 5.10 Å². The van der Waals surface area contributed by atoms with Crippen LogP contribution in [0.15, 0.2) is 71.8 Å². The molecule has 0 aromatic heterocycles. The standard InChI is InChI=1S/C25H22ClN3O6/c1-33-21-12-9-17(13-22(21)34-2)25(32)35-18-10-7-16(8-11-18)14-28-29-23(30)15-27-24(31)19-5-3-4-6-20(19)26/h3-14H,15H2,1-2H3,(H,27,31)(H,29,30). The van der Waals surface area contributed by atoms with E-state index in [4.69, 9.17) is 25.8 Å². The van der Waals surface area contributed by atoms with Gasteiger partial charge in [0.05, 0.1) is 43.1 Å². The van der Waals surface area contributed by atoms with Gasteiger partial charge in [-0.2, -0.15) is 5.10 Å². The number of ether oxygens (including phenoxy) is 3. The van der Waals surface area contributed by atoms with Crippen molar-refractivity contribution in [2.45, 2.75) is 0 Å². The van der Waals surface area contributed by atoms with Gasteiger partial charge in [0.2, 0.25) is 0 Å². The number of nitrogens with zero attached hydrogens (tertiary/aromatic N) is 1. The normalized spacial score (nSPS) is 10.5. The summed E-state index contributed by atoms with van der Waals surface area (Å²) < 4.78 is 15.7. The predicted octanol–water partition coefficient (Wildman–Crippen LogP) is 3.46. The summed E-state index contributed by atoms with van der Waals surface area (Å²) in [6, 6.07) is 17.7. The van der Waals surface area contributed by atoms with Crippen LogP contribution in [-0.4, -0.2) is 44.8 Å². The third-order valence-corrected chi connectivity index (χ3v) is 4.97. The molecule has 0 radical (unpaired) electrons. The van der Waals surface area contributed by atoms with Crippen LogP contribution in [0.25, 0.3) is 0 Å². The number of rotatable bonds is 9. The van der Waals surface area contributed by atoms with Crippen LogP contribution in [0, 0.1) is 0 Å². The van der Waals surface area contributed by atoms with E-state index in [2.05, 4.69) is 15.8 Å². The highest BCUT2D eigenvalue weighted by Crippen LogP contribution is 2.28. The van der Waals surface area contributed by atoms with Crippen molar-refractivity contribution in [2.75, 3.05) is 20.8 Å². The molecule has 0 aliphatic rings. The second-order valence-electron chi connectivity index (χ2n) is 6.98. The van der Waals surface area contributed by atoms with Crippen LogP contribution < -0.4 is 25.0 Å². The van der Waals surface area contributed by atoms with Gasteiger partial charge in [-0.15, -0.1) is 0 Å².